The highest BCUT2D eigenvalue weighted by Gasteiger charge is 2.37. The van der Waals surface area contributed by atoms with Gasteiger partial charge in [0.05, 0.1) is 22.0 Å². The van der Waals surface area contributed by atoms with E-state index in [-0.39, 0.29) is 10.6 Å². The molecule has 0 radical (unpaired) electrons. The molecule has 0 amide bonds. The summed E-state index contributed by atoms with van der Waals surface area (Å²) >= 11 is 0. The van der Waals surface area contributed by atoms with Crippen molar-refractivity contribution in [3.05, 3.63) is 88.6 Å². The molecule has 7 nitrogen and oxygen atoms in total. The summed E-state index contributed by atoms with van der Waals surface area (Å²) in [5.74, 6) is 0. The third-order valence-corrected chi connectivity index (χ3v) is 7.06. The fourth-order valence-corrected chi connectivity index (χ4v) is 5.51. The smallest absolute Gasteiger partial charge is 0.323 e. The van der Waals surface area contributed by atoms with Crippen LogP contribution >= 0.6 is 0 Å². The van der Waals surface area contributed by atoms with Crippen molar-refractivity contribution < 1.29 is 8.42 Å². The van der Waals surface area contributed by atoms with E-state index in [1.807, 2.05) is 48.7 Å². The maximum Gasteiger partial charge on any atom is 0.323 e. The Labute approximate surface area is 161 Å². The molecule has 8 heteroatoms. The van der Waals surface area contributed by atoms with Gasteiger partial charge in [0.15, 0.2) is 0 Å². The Hall–Kier alpha value is -3.10. The van der Waals surface area contributed by atoms with E-state index in [1.54, 1.807) is 10.4 Å². The topological polar surface area (TPSA) is 91.0 Å². The molecule has 0 aliphatic carbocycles. The Morgan fingerprint density at radius 1 is 0.893 bits per heavy atom. The van der Waals surface area contributed by atoms with Crippen LogP contribution in [-0.4, -0.2) is 33.8 Å². The van der Waals surface area contributed by atoms with Gasteiger partial charge in [0.25, 0.3) is 0 Å². The van der Waals surface area contributed by atoms with E-state index in [0.29, 0.717) is 24.1 Å². The summed E-state index contributed by atoms with van der Waals surface area (Å²) in [5, 5.41) is 0. The number of H-pyrrole nitrogens is 2. The quantitative estimate of drug-likeness (QED) is 0.559. The Balaban J connectivity index is 1.65. The van der Waals surface area contributed by atoms with Gasteiger partial charge in [-0.3, -0.25) is 0 Å². The minimum atomic E-state index is -3.78. The maximum absolute atomic E-state index is 13.6. The zero-order valence-corrected chi connectivity index (χ0v) is 15.7. The molecule has 0 saturated heterocycles. The molecular formula is C20H18N4O3S. The molecule has 0 fully saturated rings. The highest BCUT2D eigenvalue weighted by atomic mass is 32.2. The van der Waals surface area contributed by atoms with Gasteiger partial charge < -0.3 is 14.5 Å². The number of fused-ring (bicyclic) bond motifs is 2. The Morgan fingerprint density at radius 2 is 1.68 bits per heavy atom. The average molecular weight is 394 g/mol. The molecule has 1 unspecified atom stereocenters. The van der Waals surface area contributed by atoms with E-state index < -0.39 is 16.1 Å². The van der Waals surface area contributed by atoms with Crippen LogP contribution in [0.1, 0.15) is 17.3 Å². The first-order chi connectivity index (χ1) is 13.5. The van der Waals surface area contributed by atoms with E-state index in [9.17, 15) is 13.2 Å². The predicted octanol–water partition coefficient (Wildman–Crippen LogP) is 2.45. The molecule has 142 valence electrons. The number of benzene rings is 2. The van der Waals surface area contributed by atoms with E-state index >= 15 is 0 Å². The van der Waals surface area contributed by atoms with Gasteiger partial charge in [-0.25, -0.2) is 13.2 Å². The van der Waals surface area contributed by atoms with Gasteiger partial charge in [-0.15, -0.1) is 0 Å². The van der Waals surface area contributed by atoms with Gasteiger partial charge in [-0.2, -0.15) is 4.31 Å². The molecule has 2 N–H and O–H groups in total. The molecule has 2 aromatic carbocycles. The van der Waals surface area contributed by atoms with Crippen molar-refractivity contribution in [1.82, 2.24) is 18.8 Å². The van der Waals surface area contributed by atoms with Crippen molar-refractivity contribution in [3.63, 3.8) is 0 Å². The maximum atomic E-state index is 13.6. The lowest BCUT2D eigenvalue weighted by Gasteiger charge is -2.36. The van der Waals surface area contributed by atoms with Gasteiger partial charge in [0.2, 0.25) is 10.0 Å². The third-order valence-electron chi connectivity index (χ3n) is 5.20. The Morgan fingerprint density at radius 3 is 2.50 bits per heavy atom. The second-order valence-electron chi connectivity index (χ2n) is 6.84. The number of nitrogens with zero attached hydrogens (tertiary/aromatic N) is 2. The molecule has 0 bridgehead atoms. The van der Waals surface area contributed by atoms with Crippen molar-refractivity contribution in [2.45, 2.75) is 17.5 Å². The van der Waals surface area contributed by atoms with E-state index in [2.05, 4.69) is 14.5 Å². The SMILES string of the molecule is O=c1[nH]c2ccc(S(=O)(=O)N3CCn4cccc4C3c3ccccc3)cc2[nH]1. The lowest BCUT2D eigenvalue weighted by Crippen LogP contribution is -2.42. The van der Waals surface area contributed by atoms with Crippen LogP contribution in [0.4, 0.5) is 0 Å². The normalized spacial score (nSPS) is 17.6. The van der Waals surface area contributed by atoms with E-state index in [1.165, 1.54) is 12.1 Å². The molecule has 2 aromatic heterocycles. The number of hydrogen-bond donors (Lipinski definition) is 2. The van der Waals surface area contributed by atoms with Crippen molar-refractivity contribution in [2.75, 3.05) is 6.54 Å². The predicted molar refractivity (Wildman–Crippen MR) is 106 cm³/mol. The average Bonchev–Trinajstić information content (AvgIpc) is 3.32. The molecule has 4 aromatic rings. The van der Waals surface area contributed by atoms with Gasteiger partial charge in [0.1, 0.15) is 0 Å². The van der Waals surface area contributed by atoms with Crippen LogP contribution in [0.2, 0.25) is 0 Å². The highest BCUT2D eigenvalue weighted by Crippen LogP contribution is 2.36. The molecule has 1 aliphatic heterocycles. The zero-order valence-electron chi connectivity index (χ0n) is 14.9. The van der Waals surface area contributed by atoms with Crippen LogP contribution in [0.25, 0.3) is 11.0 Å². The number of imidazole rings is 1. The van der Waals surface area contributed by atoms with Crippen LogP contribution in [0.3, 0.4) is 0 Å². The van der Waals surface area contributed by atoms with Crippen molar-refractivity contribution in [3.8, 4) is 0 Å². The molecule has 1 atom stereocenters. The van der Waals surface area contributed by atoms with Gasteiger partial charge in [0, 0.05) is 25.0 Å². The molecule has 1 aliphatic rings. The van der Waals surface area contributed by atoms with Crippen LogP contribution in [0, 0.1) is 0 Å². The number of aromatic nitrogens is 3. The summed E-state index contributed by atoms with van der Waals surface area (Å²) in [5.41, 5.74) is 2.56. The van der Waals surface area contributed by atoms with Gasteiger partial charge >= 0.3 is 5.69 Å². The summed E-state index contributed by atoms with van der Waals surface area (Å²) in [4.78, 5) is 17.0. The number of rotatable bonds is 3. The second kappa shape index (κ2) is 6.22. The minimum Gasteiger partial charge on any atom is -0.348 e. The molecule has 3 heterocycles. The monoisotopic (exact) mass is 394 g/mol. The summed E-state index contributed by atoms with van der Waals surface area (Å²) in [6, 6.07) is 17.8. The first-order valence-electron chi connectivity index (χ1n) is 8.98. The number of hydrogen-bond acceptors (Lipinski definition) is 3. The second-order valence-corrected chi connectivity index (χ2v) is 8.73. The standard InChI is InChI=1S/C20H18N4O3S/c25-20-21-16-9-8-15(13-17(16)22-20)28(26,27)24-12-11-23-10-4-7-18(23)19(24)14-5-2-1-3-6-14/h1-10,13,19H,11-12H2,(H2,21,22,25). The highest BCUT2D eigenvalue weighted by molar-refractivity contribution is 7.89. The van der Waals surface area contributed by atoms with Crippen molar-refractivity contribution >= 4 is 21.1 Å². The molecular weight excluding hydrogens is 376 g/mol. The summed E-state index contributed by atoms with van der Waals surface area (Å²) in [6.07, 6.45) is 1.98. The van der Waals surface area contributed by atoms with Crippen LogP contribution in [-0.2, 0) is 16.6 Å². The number of sulfonamides is 1. The molecule has 5 rings (SSSR count). The summed E-state index contributed by atoms with van der Waals surface area (Å²) in [6.45, 7) is 0.958. The van der Waals surface area contributed by atoms with Crippen LogP contribution in [0.5, 0.6) is 0 Å². The van der Waals surface area contributed by atoms with Crippen molar-refractivity contribution in [1.29, 1.82) is 0 Å². The van der Waals surface area contributed by atoms with E-state index in [4.69, 9.17) is 0 Å². The molecule has 28 heavy (non-hydrogen) atoms. The van der Waals surface area contributed by atoms with Crippen LogP contribution < -0.4 is 5.69 Å². The fraction of sp³-hybridized carbons (Fsp3) is 0.150. The van der Waals surface area contributed by atoms with Crippen LogP contribution in [0.15, 0.2) is 76.6 Å². The third kappa shape index (κ3) is 2.61. The summed E-state index contributed by atoms with van der Waals surface area (Å²) in [7, 11) is -3.78. The number of nitrogens with one attached hydrogen (secondary N) is 2. The number of aromatic amines is 2. The van der Waals surface area contributed by atoms with Crippen molar-refractivity contribution in [2.24, 2.45) is 0 Å². The lowest BCUT2D eigenvalue weighted by atomic mass is 10.0. The first-order valence-corrected chi connectivity index (χ1v) is 10.4. The summed E-state index contributed by atoms with van der Waals surface area (Å²) < 4.78 is 30.8. The first kappa shape index (κ1) is 17.0. The molecule has 0 spiro atoms. The largest absolute Gasteiger partial charge is 0.348 e. The fourth-order valence-electron chi connectivity index (χ4n) is 3.90. The Bertz CT molecular complexity index is 1320. The zero-order chi connectivity index (χ0) is 19.3. The Kier molecular flexibility index (Phi) is 3.78. The van der Waals surface area contributed by atoms with Gasteiger partial charge in [-0.05, 0) is 35.9 Å². The lowest BCUT2D eigenvalue weighted by molar-refractivity contribution is 0.298. The van der Waals surface area contributed by atoms with E-state index in [0.717, 1.165) is 11.3 Å². The van der Waals surface area contributed by atoms with Gasteiger partial charge in [-0.1, -0.05) is 30.3 Å². The minimum absolute atomic E-state index is 0.163. The molecule has 0 saturated carbocycles.